The second-order valence-corrected chi connectivity index (χ2v) is 3.27. The van der Waals surface area contributed by atoms with Gasteiger partial charge in [0.1, 0.15) is 6.07 Å². The molecule has 0 bridgehead atoms. The lowest BCUT2D eigenvalue weighted by Gasteiger charge is -2.11. The third-order valence-corrected chi connectivity index (χ3v) is 2.26. The van der Waals surface area contributed by atoms with Gasteiger partial charge in [-0.2, -0.15) is 10.5 Å². The molecule has 1 aliphatic rings. The molecular formula is C11H7N3O2. The number of nitriles is 2. The molecule has 1 amide bonds. The lowest BCUT2D eigenvalue weighted by Crippen LogP contribution is -2.24. The number of benzene rings is 1. The van der Waals surface area contributed by atoms with E-state index in [1.807, 2.05) is 12.1 Å². The third kappa shape index (κ3) is 1.67. The van der Waals surface area contributed by atoms with Gasteiger partial charge < -0.3 is 4.74 Å². The zero-order chi connectivity index (χ0) is 11.5. The molecule has 16 heavy (non-hydrogen) atoms. The van der Waals surface area contributed by atoms with Gasteiger partial charge >= 0.3 is 6.09 Å². The van der Waals surface area contributed by atoms with Crippen molar-refractivity contribution < 1.29 is 9.53 Å². The highest BCUT2D eigenvalue weighted by atomic mass is 16.6. The van der Waals surface area contributed by atoms with E-state index in [9.17, 15) is 4.79 Å². The molecule has 0 spiro atoms. The molecule has 0 N–H and O–H groups in total. The fourth-order valence-electron chi connectivity index (χ4n) is 1.46. The average Bonchev–Trinajstić information content (AvgIpc) is 2.71. The predicted molar refractivity (Wildman–Crippen MR) is 54.4 cm³/mol. The second kappa shape index (κ2) is 3.92. The highest BCUT2D eigenvalue weighted by Gasteiger charge is 2.31. The molecule has 0 saturated carbocycles. The van der Waals surface area contributed by atoms with Crippen molar-refractivity contribution >= 4 is 11.8 Å². The van der Waals surface area contributed by atoms with Crippen molar-refractivity contribution in [3.63, 3.8) is 0 Å². The largest absolute Gasteiger partial charge is 0.428 e. The monoisotopic (exact) mass is 213 g/mol. The Labute approximate surface area is 92.1 Å². The number of carbonyl (C=O) groups is 1. The maximum atomic E-state index is 11.4. The van der Waals surface area contributed by atoms with E-state index in [-0.39, 0.29) is 6.54 Å². The van der Waals surface area contributed by atoms with E-state index in [1.165, 1.54) is 4.90 Å². The third-order valence-electron chi connectivity index (χ3n) is 2.26. The summed E-state index contributed by atoms with van der Waals surface area (Å²) in [6, 6.07) is 10.4. The minimum Gasteiger partial charge on any atom is -0.428 e. The van der Waals surface area contributed by atoms with E-state index in [2.05, 4.69) is 0 Å². The van der Waals surface area contributed by atoms with Crippen LogP contribution in [0.5, 0.6) is 0 Å². The highest BCUT2D eigenvalue weighted by molar-refractivity contribution is 5.90. The molecule has 1 saturated heterocycles. The van der Waals surface area contributed by atoms with Gasteiger partial charge in [0.2, 0.25) is 6.10 Å². The number of hydrogen-bond acceptors (Lipinski definition) is 4. The van der Waals surface area contributed by atoms with Crippen LogP contribution in [0.1, 0.15) is 5.56 Å². The standard InChI is InChI=1S/C11H7N3O2/c12-5-8-1-3-9(4-2-8)14-7-10(6-13)16-11(14)15/h1-4,10H,7H2. The number of hydrogen-bond donors (Lipinski definition) is 0. The van der Waals surface area contributed by atoms with Crippen molar-refractivity contribution in [3.8, 4) is 12.1 Å². The van der Waals surface area contributed by atoms with E-state index in [4.69, 9.17) is 15.3 Å². The quantitative estimate of drug-likeness (QED) is 0.706. The highest BCUT2D eigenvalue weighted by Crippen LogP contribution is 2.21. The number of carbonyl (C=O) groups excluding carboxylic acids is 1. The summed E-state index contributed by atoms with van der Waals surface area (Å²) in [6.07, 6.45) is -1.25. The molecule has 78 valence electrons. The minimum absolute atomic E-state index is 0.223. The van der Waals surface area contributed by atoms with E-state index in [0.717, 1.165) is 0 Å². The maximum Gasteiger partial charge on any atom is 0.415 e. The Balaban J connectivity index is 2.23. The van der Waals surface area contributed by atoms with Crippen molar-refractivity contribution in [1.29, 1.82) is 10.5 Å². The zero-order valence-corrected chi connectivity index (χ0v) is 8.25. The van der Waals surface area contributed by atoms with Crippen LogP contribution in [-0.4, -0.2) is 18.7 Å². The van der Waals surface area contributed by atoms with Crippen LogP contribution < -0.4 is 4.90 Å². The molecular weight excluding hydrogens is 206 g/mol. The normalized spacial score (nSPS) is 18.8. The molecule has 1 aromatic rings. The van der Waals surface area contributed by atoms with Crippen LogP contribution in [-0.2, 0) is 4.74 Å². The van der Waals surface area contributed by atoms with Gasteiger partial charge in [0, 0.05) is 5.69 Å². The summed E-state index contributed by atoms with van der Waals surface area (Å²) in [7, 11) is 0. The van der Waals surface area contributed by atoms with Gasteiger partial charge in [0.05, 0.1) is 18.2 Å². The molecule has 1 unspecified atom stereocenters. The van der Waals surface area contributed by atoms with Crippen LogP contribution in [0.3, 0.4) is 0 Å². The number of amides is 1. The van der Waals surface area contributed by atoms with Crippen molar-refractivity contribution in [3.05, 3.63) is 29.8 Å². The summed E-state index contributed by atoms with van der Waals surface area (Å²) >= 11 is 0. The van der Waals surface area contributed by atoms with Gasteiger partial charge in [-0.3, -0.25) is 4.90 Å². The fraction of sp³-hybridized carbons (Fsp3) is 0.182. The van der Waals surface area contributed by atoms with Crippen molar-refractivity contribution in [2.24, 2.45) is 0 Å². The number of rotatable bonds is 1. The molecule has 0 radical (unpaired) electrons. The van der Waals surface area contributed by atoms with Crippen LogP contribution >= 0.6 is 0 Å². The fourth-order valence-corrected chi connectivity index (χ4v) is 1.46. The molecule has 0 aliphatic carbocycles. The van der Waals surface area contributed by atoms with Crippen LogP contribution in [0.4, 0.5) is 10.5 Å². The second-order valence-electron chi connectivity index (χ2n) is 3.27. The Morgan fingerprint density at radius 2 is 2.00 bits per heavy atom. The average molecular weight is 213 g/mol. The molecule has 1 aromatic carbocycles. The molecule has 2 rings (SSSR count). The SMILES string of the molecule is N#Cc1ccc(N2CC(C#N)OC2=O)cc1. The summed E-state index contributed by atoms with van der Waals surface area (Å²) in [5.74, 6) is 0. The summed E-state index contributed by atoms with van der Waals surface area (Å²) in [4.78, 5) is 12.8. The van der Waals surface area contributed by atoms with Gasteiger partial charge in [0.25, 0.3) is 0 Å². The first-order valence-corrected chi connectivity index (χ1v) is 4.62. The molecule has 1 fully saturated rings. The number of ether oxygens (including phenoxy) is 1. The number of cyclic esters (lactones) is 1. The van der Waals surface area contributed by atoms with E-state index >= 15 is 0 Å². The number of anilines is 1. The molecule has 1 atom stereocenters. The molecule has 5 heteroatoms. The first-order valence-electron chi connectivity index (χ1n) is 4.62. The van der Waals surface area contributed by atoms with Crippen LogP contribution in [0.25, 0.3) is 0 Å². The van der Waals surface area contributed by atoms with Gasteiger partial charge in [0.15, 0.2) is 0 Å². The smallest absolute Gasteiger partial charge is 0.415 e. The van der Waals surface area contributed by atoms with Crippen molar-refractivity contribution in [2.45, 2.75) is 6.10 Å². The Bertz CT molecular complexity index is 495. The van der Waals surface area contributed by atoms with E-state index < -0.39 is 12.2 Å². The zero-order valence-electron chi connectivity index (χ0n) is 8.25. The van der Waals surface area contributed by atoms with E-state index in [1.54, 1.807) is 24.3 Å². The molecule has 5 nitrogen and oxygen atoms in total. The maximum absolute atomic E-state index is 11.4. The Hall–Kier alpha value is -2.53. The van der Waals surface area contributed by atoms with Crippen LogP contribution in [0.2, 0.25) is 0 Å². The number of nitrogens with zero attached hydrogens (tertiary/aromatic N) is 3. The van der Waals surface area contributed by atoms with Gasteiger partial charge in [-0.1, -0.05) is 0 Å². The lowest BCUT2D eigenvalue weighted by molar-refractivity contribution is 0.162. The lowest BCUT2D eigenvalue weighted by atomic mass is 10.2. The molecule has 0 aromatic heterocycles. The van der Waals surface area contributed by atoms with Gasteiger partial charge in [-0.25, -0.2) is 4.79 Å². The summed E-state index contributed by atoms with van der Waals surface area (Å²) in [5.41, 5.74) is 1.15. The predicted octanol–water partition coefficient (Wildman–Crippen LogP) is 1.41. The minimum atomic E-state index is -0.719. The Morgan fingerprint density at radius 3 is 2.50 bits per heavy atom. The summed E-state index contributed by atoms with van der Waals surface area (Å²) in [6.45, 7) is 0.223. The Morgan fingerprint density at radius 1 is 1.31 bits per heavy atom. The Kier molecular flexibility index (Phi) is 2.45. The van der Waals surface area contributed by atoms with Gasteiger partial charge in [-0.15, -0.1) is 0 Å². The van der Waals surface area contributed by atoms with E-state index in [0.29, 0.717) is 11.3 Å². The first-order chi connectivity index (χ1) is 7.74. The summed E-state index contributed by atoms with van der Waals surface area (Å²) < 4.78 is 4.79. The van der Waals surface area contributed by atoms with Crippen molar-refractivity contribution in [1.82, 2.24) is 0 Å². The van der Waals surface area contributed by atoms with Crippen LogP contribution in [0, 0.1) is 22.7 Å². The topological polar surface area (TPSA) is 77.1 Å². The summed E-state index contributed by atoms with van der Waals surface area (Å²) in [5, 5.41) is 17.3. The molecule has 1 heterocycles. The van der Waals surface area contributed by atoms with Crippen molar-refractivity contribution in [2.75, 3.05) is 11.4 Å². The molecule has 1 aliphatic heterocycles. The van der Waals surface area contributed by atoms with Gasteiger partial charge in [-0.05, 0) is 24.3 Å². The first kappa shape index (κ1) is 10.0. The van der Waals surface area contributed by atoms with Crippen LogP contribution in [0.15, 0.2) is 24.3 Å².